The van der Waals surface area contributed by atoms with Gasteiger partial charge in [-0.05, 0) is 36.1 Å². The van der Waals surface area contributed by atoms with E-state index in [4.69, 9.17) is 0 Å². The van der Waals surface area contributed by atoms with Gasteiger partial charge in [0.25, 0.3) is 0 Å². The number of benzene rings is 1. The number of anilines is 1. The van der Waals surface area contributed by atoms with E-state index in [0.717, 1.165) is 27.4 Å². The lowest BCUT2D eigenvalue weighted by Crippen LogP contribution is -2.17. The minimum Gasteiger partial charge on any atom is -0.351 e. The van der Waals surface area contributed by atoms with Crippen LogP contribution in [0.1, 0.15) is 36.3 Å². The van der Waals surface area contributed by atoms with E-state index in [9.17, 15) is 9.59 Å². The quantitative estimate of drug-likeness (QED) is 0.565. The summed E-state index contributed by atoms with van der Waals surface area (Å²) < 4.78 is 0. The molecule has 0 fully saturated rings. The fraction of sp³-hybridized carbons (Fsp3) is 0.286. The standard InChI is InChI=1S/C21H23N3O2S2/c1-3-15-4-6-16(7-5-15)8-11-20(26)24-21-23-18(13-27-21)19-10-9-17(28-19)12-22-14(2)25/h4-7,9-10,13H,3,8,11-12H2,1-2H3,(H,22,25)(H,23,24,26). The lowest BCUT2D eigenvalue weighted by atomic mass is 10.1. The molecule has 28 heavy (non-hydrogen) atoms. The zero-order chi connectivity index (χ0) is 19.9. The third kappa shape index (κ3) is 5.74. The molecule has 0 saturated heterocycles. The van der Waals surface area contributed by atoms with E-state index >= 15 is 0 Å². The molecule has 1 aromatic carbocycles. The van der Waals surface area contributed by atoms with E-state index in [1.165, 1.54) is 23.8 Å². The molecule has 7 heteroatoms. The number of aromatic nitrogens is 1. The molecule has 0 atom stereocenters. The predicted octanol–water partition coefficient (Wildman–Crippen LogP) is 4.64. The number of hydrogen-bond donors (Lipinski definition) is 2. The Labute approximate surface area is 172 Å². The monoisotopic (exact) mass is 413 g/mol. The van der Waals surface area contributed by atoms with Crippen molar-refractivity contribution in [1.29, 1.82) is 0 Å². The minimum absolute atomic E-state index is 0.0296. The van der Waals surface area contributed by atoms with Crippen molar-refractivity contribution in [2.75, 3.05) is 5.32 Å². The van der Waals surface area contributed by atoms with Crippen LogP contribution >= 0.6 is 22.7 Å². The smallest absolute Gasteiger partial charge is 0.226 e. The second kappa shape index (κ2) is 9.61. The Morgan fingerprint density at radius 3 is 2.54 bits per heavy atom. The van der Waals surface area contributed by atoms with E-state index in [1.54, 1.807) is 11.3 Å². The normalized spacial score (nSPS) is 10.6. The van der Waals surface area contributed by atoms with E-state index < -0.39 is 0 Å². The Hall–Kier alpha value is -2.51. The summed E-state index contributed by atoms with van der Waals surface area (Å²) in [5.41, 5.74) is 3.31. The highest BCUT2D eigenvalue weighted by Crippen LogP contribution is 2.30. The van der Waals surface area contributed by atoms with Gasteiger partial charge in [-0.25, -0.2) is 4.98 Å². The third-order valence-corrected chi connectivity index (χ3v) is 6.11. The van der Waals surface area contributed by atoms with Crippen LogP contribution in [0, 0.1) is 0 Å². The number of thiophene rings is 1. The van der Waals surface area contributed by atoms with Crippen molar-refractivity contribution in [3.05, 3.63) is 57.8 Å². The van der Waals surface area contributed by atoms with Gasteiger partial charge in [0.15, 0.2) is 5.13 Å². The van der Waals surface area contributed by atoms with Crippen LogP contribution in [0.2, 0.25) is 0 Å². The molecular formula is C21H23N3O2S2. The lowest BCUT2D eigenvalue weighted by Gasteiger charge is -2.03. The van der Waals surface area contributed by atoms with Crippen LogP contribution in [0.3, 0.4) is 0 Å². The molecule has 3 aromatic rings. The number of carbonyl (C=O) groups excluding carboxylic acids is 2. The zero-order valence-corrected chi connectivity index (χ0v) is 17.6. The number of amides is 2. The summed E-state index contributed by atoms with van der Waals surface area (Å²) >= 11 is 3.01. The summed E-state index contributed by atoms with van der Waals surface area (Å²) in [5, 5.41) is 8.22. The Balaban J connectivity index is 1.52. The van der Waals surface area contributed by atoms with Gasteiger partial charge >= 0.3 is 0 Å². The number of carbonyl (C=O) groups is 2. The van der Waals surface area contributed by atoms with Gasteiger partial charge in [0.05, 0.1) is 17.1 Å². The van der Waals surface area contributed by atoms with Gasteiger partial charge in [0, 0.05) is 23.6 Å². The van der Waals surface area contributed by atoms with Crippen LogP contribution in [0.15, 0.2) is 41.8 Å². The molecule has 2 amide bonds. The number of hydrogen-bond acceptors (Lipinski definition) is 5. The number of nitrogens with one attached hydrogen (secondary N) is 2. The van der Waals surface area contributed by atoms with Crippen LogP contribution in [0.5, 0.6) is 0 Å². The fourth-order valence-electron chi connectivity index (χ4n) is 2.65. The molecule has 0 unspecified atom stereocenters. The molecule has 0 saturated carbocycles. The number of nitrogens with zero attached hydrogens (tertiary/aromatic N) is 1. The Kier molecular flexibility index (Phi) is 6.95. The molecule has 0 spiro atoms. The molecule has 0 bridgehead atoms. The summed E-state index contributed by atoms with van der Waals surface area (Å²) in [6, 6.07) is 12.4. The number of thiazole rings is 1. The molecule has 2 aromatic heterocycles. The van der Waals surface area contributed by atoms with Gasteiger partial charge in [-0.15, -0.1) is 22.7 Å². The number of aryl methyl sites for hydroxylation is 2. The lowest BCUT2D eigenvalue weighted by molar-refractivity contribution is -0.119. The van der Waals surface area contributed by atoms with E-state index in [2.05, 4.69) is 46.8 Å². The maximum atomic E-state index is 12.2. The fourth-order valence-corrected chi connectivity index (χ4v) is 4.36. The molecule has 2 N–H and O–H groups in total. The highest BCUT2D eigenvalue weighted by molar-refractivity contribution is 7.17. The zero-order valence-electron chi connectivity index (χ0n) is 16.0. The summed E-state index contributed by atoms with van der Waals surface area (Å²) in [4.78, 5) is 29.8. The summed E-state index contributed by atoms with van der Waals surface area (Å²) in [7, 11) is 0. The maximum Gasteiger partial charge on any atom is 0.226 e. The van der Waals surface area contributed by atoms with Gasteiger partial charge in [0.2, 0.25) is 11.8 Å². The van der Waals surface area contributed by atoms with Crippen molar-refractivity contribution >= 4 is 39.6 Å². The molecule has 146 valence electrons. The first-order chi connectivity index (χ1) is 13.5. The van der Waals surface area contributed by atoms with Gasteiger partial charge < -0.3 is 10.6 Å². The average Bonchev–Trinajstić information content (AvgIpc) is 3.34. The van der Waals surface area contributed by atoms with Crippen molar-refractivity contribution in [3.63, 3.8) is 0 Å². The van der Waals surface area contributed by atoms with Crippen molar-refractivity contribution in [1.82, 2.24) is 10.3 Å². The summed E-state index contributed by atoms with van der Waals surface area (Å²) in [6.07, 6.45) is 2.16. The molecule has 0 aliphatic carbocycles. The van der Waals surface area contributed by atoms with Gasteiger partial charge in [-0.3, -0.25) is 9.59 Å². The van der Waals surface area contributed by atoms with Crippen LogP contribution in [-0.2, 0) is 29.0 Å². The maximum absolute atomic E-state index is 12.2. The largest absolute Gasteiger partial charge is 0.351 e. The first-order valence-corrected chi connectivity index (χ1v) is 10.9. The predicted molar refractivity (Wildman–Crippen MR) is 116 cm³/mol. The van der Waals surface area contributed by atoms with Gasteiger partial charge in [-0.2, -0.15) is 0 Å². The minimum atomic E-state index is -0.0464. The SMILES string of the molecule is CCc1ccc(CCC(=O)Nc2nc(-c3ccc(CNC(C)=O)s3)cs2)cc1. The van der Waals surface area contributed by atoms with Crippen molar-refractivity contribution in [3.8, 4) is 10.6 Å². The van der Waals surface area contributed by atoms with Gasteiger partial charge in [-0.1, -0.05) is 31.2 Å². The molecular weight excluding hydrogens is 390 g/mol. The third-order valence-electron chi connectivity index (χ3n) is 4.25. The van der Waals surface area contributed by atoms with Gasteiger partial charge in [0.1, 0.15) is 0 Å². The molecule has 0 aliphatic rings. The molecule has 5 nitrogen and oxygen atoms in total. The molecule has 2 heterocycles. The van der Waals surface area contributed by atoms with E-state index in [-0.39, 0.29) is 11.8 Å². The van der Waals surface area contributed by atoms with E-state index in [0.29, 0.717) is 24.5 Å². The Morgan fingerprint density at radius 1 is 1.07 bits per heavy atom. The van der Waals surface area contributed by atoms with Crippen LogP contribution in [0.4, 0.5) is 5.13 Å². The van der Waals surface area contributed by atoms with Crippen LogP contribution in [0.25, 0.3) is 10.6 Å². The molecule has 3 rings (SSSR count). The second-order valence-corrected chi connectivity index (χ2v) is 8.46. The highest BCUT2D eigenvalue weighted by atomic mass is 32.1. The van der Waals surface area contributed by atoms with Crippen LogP contribution in [-0.4, -0.2) is 16.8 Å². The average molecular weight is 414 g/mol. The first kappa shape index (κ1) is 20.2. The van der Waals surface area contributed by atoms with Crippen molar-refractivity contribution in [2.24, 2.45) is 0 Å². The first-order valence-electron chi connectivity index (χ1n) is 9.20. The van der Waals surface area contributed by atoms with Crippen LogP contribution < -0.4 is 10.6 Å². The molecule has 0 radical (unpaired) electrons. The van der Waals surface area contributed by atoms with Crippen molar-refractivity contribution < 1.29 is 9.59 Å². The topological polar surface area (TPSA) is 71.1 Å². The summed E-state index contributed by atoms with van der Waals surface area (Å²) in [6.45, 7) is 4.15. The number of rotatable bonds is 8. The van der Waals surface area contributed by atoms with Crippen molar-refractivity contribution in [2.45, 2.75) is 39.7 Å². The second-order valence-electron chi connectivity index (χ2n) is 6.43. The Morgan fingerprint density at radius 2 is 1.82 bits per heavy atom. The molecule has 0 aliphatic heterocycles. The summed E-state index contributed by atoms with van der Waals surface area (Å²) in [5.74, 6) is -0.0760. The Bertz CT molecular complexity index is 945. The van der Waals surface area contributed by atoms with E-state index in [1.807, 2.05) is 17.5 Å². The highest BCUT2D eigenvalue weighted by Gasteiger charge is 2.10.